The van der Waals surface area contributed by atoms with Crippen molar-refractivity contribution < 1.29 is 0 Å². The van der Waals surface area contributed by atoms with Crippen LogP contribution in [0.5, 0.6) is 0 Å². The maximum Gasteiger partial charge on any atom is 0.103 e. The number of aromatic nitrogens is 1. The van der Waals surface area contributed by atoms with E-state index in [2.05, 4.69) is 31.1 Å². The highest BCUT2D eigenvalue weighted by molar-refractivity contribution is 5.36. The van der Waals surface area contributed by atoms with Gasteiger partial charge < -0.3 is 10.3 Å². The van der Waals surface area contributed by atoms with E-state index in [0.29, 0.717) is 0 Å². The molecule has 1 rings (SSSR count). The highest BCUT2D eigenvalue weighted by Crippen LogP contribution is 2.10. The molecule has 1 aromatic heterocycles. The molecular weight excluding hydrogens is 124 g/mol. The van der Waals surface area contributed by atoms with Crippen LogP contribution in [-0.4, -0.2) is 10.5 Å². The van der Waals surface area contributed by atoms with Crippen LogP contribution < -0.4 is 5.32 Å². The van der Waals surface area contributed by atoms with Crippen molar-refractivity contribution in [1.29, 1.82) is 0 Å². The Hall–Kier alpha value is -0.920. The van der Waals surface area contributed by atoms with Crippen LogP contribution in [-0.2, 0) is 0 Å². The van der Waals surface area contributed by atoms with Crippen LogP contribution in [0, 0.1) is 0 Å². The molecule has 1 aromatic rings. The second kappa shape index (κ2) is 2.37. The third-order valence-electron chi connectivity index (χ3n) is 1.11. The largest absolute Gasteiger partial charge is 0.367 e. The summed E-state index contributed by atoms with van der Waals surface area (Å²) in [7, 11) is 0. The number of rotatable bonds is 1. The topological polar surface area (TPSA) is 27.8 Å². The molecule has 0 spiro atoms. The van der Waals surface area contributed by atoms with E-state index in [9.17, 15) is 0 Å². The van der Waals surface area contributed by atoms with Crippen molar-refractivity contribution in [3.63, 3.8) is 0 Å². The lowest BCUT2D eigenvalue weighted by molar-refractivity contribution is 0.631. The smallest absolute Gasteiger partial charge is 0.103 e. The standard InChI is InChI=1S/C8H14N2/c1-8(2,3)10-7-5-4-6-9-7/h4-6,9-10H,1-3H3. The zero-order valence-corrected chi connectivity index (χ0v) is 6.73. The number of hydrogen-bond donors (Lipinski definition) is 2. The van der Waals surface area contributed by atoms with Crippen LogP contribution in [0.3, 0.4) is 0 Å². The van der Waals surface area contributed by atoms with Crippen LogP contribution in [0.15, 0.2) is 18.3 Å². The van der Waals surface area contributed by atoms with Crippen molar-refractivity contribution in [2.45, 2.75) is 26.3 Å². The van der Waals surface area contributed by atoms with Crippen LogP contribution >= 0.6 is 0 Å². The lowest BCUT2D eigenvalue weighted by Crippen LogP contribution is -2.26. The Morgan fingerprint density at radius 2 is 2.10 bits per heavy atom. The summed E-state index contributed by atoms with van der Waals surface area (Å²) >= 11 is 0. The molecule has 10 heavy (non-hydrogen) atoms. The average Bonchev–Trinajstić information content (AvgIpc) is 2.12. The van der Waals surface area contributed by atoms with Gasteiger partial charge in [-0.1, -0.05) is 0 Å². The summed E-state index contributed by atoms with van der Waals surface area (Å²) in [6.07, 6.45) is 1.91. The molecule has 0 aliphatic carbocycles. The number of hydrogen-bond acceptors (Lipinski definition) is 1. The normalized spacial score (nSPS) is 11.5. The molecular formula is C8H14N2. The molecule has 56 valence electrons. The number of H-pyrrole nitrogens is 1. The van der Waals surface area contributed by atoms with Crippen LogP contribution in [0.2, 0.25) is 0 Å². The summed E-state index contributed by atoms with van der Waals surface area (Å²) in [5.74, 6) is 1.08. The van der Waals surface area contributed by atoms with Gasteiger partial charge in [-0.2, -0.15) is 0 Å². The summed E-state index contributed by atoms with van der Waals surface area (Å²) in [5, 5.41) is 3.31. The van der Waals surface area contributed by atoms with Gasteiger partial charge in [-0.05, 0) is 32.9 Å². The van der Waals surface area contributed by atoms with Crippen molar-refractivity contribution in [3.8, 4) is 0 Å². The second-order valence-electron chi connectivity index (χ2n) is 3.46. The van der Waals surface area contributed by atoms with Crippen LogP contribution in [0.4, 0.5) is 5.82 Å². The molecule has 0 aromatic carbocycles. The highest BCUT2D eigenvalue weighted by atomic mass is 15.0. The molecule has 0 radical (unpaired) electrons. The van der Waals surface area contributed by atoms with Crippen molar-refractivity contribution in [3.05, 3.63) is 18.3 Å². The van der Waals surface area contributed by atoms with E-state index in [0.717, 1.165) is 5.82 Å². The molecule has 0 saturated carbocycles. The molecule has 0 fully saturated rings. The Morgan fingerprint density at radius 1 is 1.40 bits per heavy atom. The van der Waals surface area contributed by atoms with Gasteiger partial charge in [-0.15, -0.1) is 0 Å². The Morgan fingerprint density at radius 3 is 2.50 bits per heavy atom. The van der Waals surface area contributed by atoms with E-state index >= 15 is 0 Å². The van der Waals surface area contributed by atoms with Gasteiger partial charge in [0.15, 0.2) is 0 Å². The molecule has 0 atom stereocenters. The molecule has 0 amide bonds. The Bertz CT molecular complexity index is 182. The first-order valence-corrected chi connectivity index (χ1v) is 3.49. The van der Waals surface area contributed by atoms with Gasteiger partial charge in [0.2, 0.25) is 0 Å². The first-order chi connectivity index (χ1) is 4.58. The monoisotopic (exact) mass is 138 g/mol. The van der Waals surface area contributed by atoms with E-state index in [1.807, 2.05) is 18.3 Å². The minimum Gasteiger partial charge on any atom is -0.367 e. The summed E-state index contributed by atoms with van der Waals surface area (Å²) in [6, 6.07) is 4.00. The van der Waals surface area contributed by atoms with E-state index in [1.54, 1.807) is 0 Å². The van der Waals surface area contributed by atoms with Gasteiger partial charge >= 0.3 is 0 Å². The number of aromatic amines is 1. The molecule has 1 heterocycles. The number of anilines is 1. The van der Waals surface area contributed by atoms with Crippen LogP contribution in [0.25, 0.3) is 0 Å². The predicted molar refractivity (Wildman–Crippen MR) is 44.2 cm³/mol. The lowest BCUT2D eigenvalue weighted by atomic mass is 10.1. The quantitative estimate of drug-likeness (QED) is 0.612. The molecule has 0 unspecified atom stereocenters. The second-order valence-corrected chi connectivity index (χ2v) is 3.46. The molecule has 2 N–H and O–H groups in total. The molecule has 0 aliphatic heterocycles. The fourth-order valence-electron chi connectivity index (χ4n) is 0.812. The van der Waals surface area contributed by atoms with E-state index in [-0.39, 0.29) is 5.54 Å². The third-order valence-corrected chi connectivity index (χ3v) is 1.11. The summed E-state index contributed by atoms with van der Waals surface area (Å²) in [5.41, 5.74) is 0.144. The fourth-order valence-corrected chi connectivity index (χ4v) is 0.812. The Labute approximate surface area is 61.7 Å². The molecule has 0 bridgehead atoms. The van der Waals surface area contributed by atoms with Crippen molar-refractivity contribution in [2.75, 3.05) is 5.32 Å². The first-order valence-electron chi connectivity index (χ1n) is 3.49. The van der Waals surface area contributed by atoms with E-state index in [4.69, 9.17) is 0 Å². The van der Waals surface area contributed by atoms with Gasteiger partial charge in [-0.3, -0.25) is 0 Å². The molecule has 2 nitrogen and oxygen atoms in total. The van der Waals surface area contributed by atoms with Gasteiger partial charge in [0.1, 0.15) is 5.82 Å². The predicted octanol–water partition coefficient (Wildman–Crippen LogP) is 2.23. The minimum absolute atomic E-state index is 0.144. The first kappa shape index (κ1) is 7.19. The van der Waals surface area contributed by atoms with Gasteiger partial charge in [-0.25, -0.2) is 0 Å². The third kappa shape index (κ3) is 2.13. The zero-order valence-electron chi connectivity index (χ0n) is 6.73. The van der Waals surface area contributed by atoms with E-state index < -0.39 is 0 Å². The molecule has 2 heteroatoms. The number of nitrogens with one attached hydrogen (secondary N) is 2. The van der Waals surface area contributed by atoms with Gasteiger partial charge in [0.25, 0.3) is 0 Å². The van der Waals surface area contributed by atoms with E-state index in [1.165, 1.54) is 0 Å². The van der Waals surface area contributed by atoms with Crippen molar-refractivity contribution in [1.82, 2.24) is 4.98 Å². The summed E-state index contributed by atoms with van der Waals surface area (Å²) in [4.78, 5) is 3.08. The lowest BCUT2D eigenvalue weighted by Gasteiger charge is -2.20. The van der Waals surface area contributed by atoms with Crippen molar-refractivity contribution in [2.24, 2.45) is 0 Å². The van der Waals surface area contributed by atoms with Gasteiger partial charge in [0.05, 0.1) is 0 Å². The molecule has 0 aliphatic rings. The van der Waals surface area contributed by atoms with Crippen LogP contribution in [0.1, 0.15) is 20.8 Å². The SMILES string of the molecule is CC(C)(C)Nc1ccc[nH]1. The average molecular weight is 138 g/mol. The Kier molecular flexibility index (Phi) is 1.70. The minimum atomic E-state index is 0.144. The van der Waals surface area contributed by atoms with Crippen molar-refractivity contribution >= 4 is 5.82 Å². The highest BCUT2D eigenvalue weighted by Gasteiger charge is 2.08. The van der Waals surface area contributed by atoms with Gasteiger partial charge in [0, 0.05) is 11.7 Å². The summed E-state index contributed by atoms with van der Waals surface area (Å²) in [6.45, 7) is 6.40. The maximum atomic E-state index is 3.31. The summed E-state index contributed by atoms with van der Waals surface area (Å²) < 4.78 is 0. The molecule has 0 saturated heterocycles. The maximum absolute atomic E-state index is 3.31. The fraction of sp³-hybridized carbons (Fsp3) is 0.500. The zero-order chi connectivity index (χ0) is 7.61. The Balaban J connectivity index is 2.57.